The molecule has 2 N–H and O–H groups in total. The Bertz CT molecular complexity index is 1300. The summed E-state index contributed by atoms with van der Waals surface area (Å²) in [6, 6.07) is 4.93. The number of halogens is 1. The van der Waals surface area contributed by atoms with Crippen molar-refractivity contribution in [1.82, 2.24) is 14.9 Å². The molecule has 34 heavy (non-hydrogen) atoms. The molecule has 0 unspecified atom stereocenters. The minimum atomic E-state index is -0.512. The average molecular weight is 464 g/mol. The molecule has 0 radical (unpaired) electrons. The SMILES string of the molecule is Cc1c(-c2cc3cc(NC(=O)OC4CC5(C4)CN(C)C5)ncc3cc2F)cnc2c1NCCO2. The number of benzene rings is 1. The molecule has 8 nitrogen and oxygen atoms in total. The number of aromatic nitrogens is 2. The van der Waals surface area contributed by atoms with Crippen LogP contribution in [0.25, 0.3) is 21.9 Å². The van der Waals surface area contributed by atoms with Gasteiger partial charge in [-0.3, -0.25) is 5.32 Å². The molecule has 1 saturated carbocycles. The molecule has 6 rings (SSSR count). The molecule has 3 aromatic rings. The number of likely N-dealkylation sites (tertiary alicyclic amines) is 1. The van der Waals surface area contributed by atoms with Crippen molar-refractivity contribution in [1.29, 1.82) is 0 Å². The molecule has 1 spiro atoms. The molecule has 4 heterocycles. The van der Waals surface area contributed by atoms with E-state index in [0.29, 0.717) is 46.8 Å². The molecule has 2 aliphatic heterocycles. The van der Waals surface area contributed by atoms with E-state index in [1.54, 1.807) is 24.5 Å². The Morgan fingerprint density at radius 1 is 1.21 bits per heavy atom. The van der Waals surface area contributed by atoms with Gasteiger partial charge in [-0.05, 0) is 56.0 Å². The van der Waals surface area contributed by atoms with E-state index in [1.165, 1.54) is 6.07 Å². The van der Waals surface area contributed by atoms with Crippen molar-refractivity contribution >= 4 is 28.4 Å². The third kappa shape index (κ3) is 3.60. The van der Waals surface area contributed by atoms with Gasteiger partial charge in [0, 0.05) is 54.0 Å². The number of hydrogen-bond donors (Lipinski definition) is 2. The molecule has 0 atom stereocenters. The molecule has 0 bridgehead atoms. The first kappa shape index (κ1) is 21.1. The van der Waals surface area contributed by atoms with Crippen LogP contribution in [0.2, 0.25) is 0 Å². The van der Waals surface area contributed by atoms with Crippen molar-refractivity contribution in [3.63, 3.8) is 0 Å². The van der Waals surface area contributed by atoms with E-state index in [0.717, 1.165) is 42.6 Å². The lowest BCUT2D eigenvalue weighted by Crippen LogP contribution is -2.62. The maximum Gasteiger partial charge on any atom is 0.413 e. The largest absolute Gasteiger partial charge is 0.474 e. The highest BCUT2D eigenvalue weighted by Crippen LogP contribution is 2.49. The van der Waals surface area contributed by atoms with Crippen LogP contribution in [0.5, 0.6) is 5.88 Å². The lowest BCUT2D eigenvalue weighted by molar-refractivity contribution is -0.119. The first-order valence-corrected chi connectivity index (χ1v) is 11.5. The summed E-state index contributed by atoms with van der Waals surface area (Å²) in [5, 5.41) is 7.39. The standard InChI is InChI=1S/C25H26FN5O3/c1-14-19(11-29-23-22(14)27-3-4-33-23)18-5-15-7-21(28-10-16(15)6-20(18)26)30-24(32)34-17-8-25(9-17)12-31(2)13-25/h5-7,10-11,17,27H,3-4,8-9,12-13H2,1-2H3,(H,28,30,32). The van der Waals surface area contributed by atoms with Gasteiger partial charge in [0.2, 0.25) is 5.88 Å². The van der Waals surface area contributed by atoms with Gasteiger partial charge in [0.25, 0.3) is 0 Å². The van der Waals surface area contributed by atoms with Gasteiger partial charge in [-0.25, -0.2) is 19.2 Å². The Kier molecular flexibility index (Phi) is 4.84. The molecule has 176 valence electrons. The van der Waals surface area contributed by atoms with Crippen LogP contribution in [-0.2, 0) is 4.74 Å². The zero-order chi connectivity index (χ0) is 23.4. The van der Waals surface area contributed by atoms with Gasteiger partial charge < -0.3 is 19.7 Å². The number of fused-ring (bicyclic) bond motifs is 2. The fraction of sp³-hybridized carbons (Fsp3) is 0.400. The number of hydrogen-bond acceptors (Lipinski definition) is 7. The zero-order valence-electron chi connectivity index (χ0n) is 19.2. The molecule has 1 aromatic carbocycles. The average Bonchev–Trinajstić information content (AvgIpc) is 2.77. The number of rotatable bonds is 3. The van der Waals surface area contributed by atoms with Gasteiger partial charge in [-0.15, -0.1) is 0 Å². The molecule has 1 amide bonds. The van der Waals surface area contributed by atoms with E-state index in [2.05, 4.69) is 32.5 Å². The summed E-state index contributed by atoms with van der Waals surface area (Å²) in [5.74, 6) is 0.531. The molecule has 2 aromatic heterocycles. The van der Waals surface area contributed by atoms with Crippen LogP contribution in [0.15, 0.2) is 30.6 Å². The topological polar surface area (TPSA) is 88.6 Å². The van der Waals surface area contributed by atoms with Crippen LogP contribution >= 0.6 is 0 Å². The highest BCUT2D eigenvalue weighted by Gasteiger charge is 2.52. The van der Waals surface area contributed by atoms with E-state index in [1.807, 2.05) is 6.92 Å². The van der Waals surface area contributed by atoms with Crippen molar-refractivity contribution < 1.29 is 18.7 Å². The number of pyridine rings is 2. The first-order valence-electron chi connectivity index (χ1n) is 11.5. The maximum absolute atomic E-state index is 15.0. The molecule has 9 heteroatoms. The molecular weight excluding hydrogens is 437 g/mol. The van der Waals surface area contributed by atoms with E-state index >= 15 is 4.39 Å². The van der Waals surface area contributed by atoms with Crippen LogP contribution in [0, 0.1) is 18.2 Å². The molecule has 3 aliphatic rings. The summed E-state index contributed by atoms with van der Waals surface area (Å²) < 4.78 is 26.2. The van der Waals surface area contributed by atoms with E-state index in [-0.39, 0.29) is 11.9 Å². The fourth-order valence-electron chi connectivity index (χ4n) is 5.57. The normalized spacial score (nSPS) is 18.9. The Labute approximate surface area is 196 Å². The molecule has 2 fully saturated rings. The van der Waals surface area contributed by atoms with Crippen molar-refractivity contribution in [2.75, 3.05) is 43.9 Å². The summed E-state index contributed by atoms with van der Waals surface area (Å²) in [7, 11) is 2.10. The maximum atomic E-state index is 15.0. The third-order valence-corrected chi connectivity index (χ3v) is 7.08. The molecule has 1 saturated heterocycles. The number of ether oxygens (including phenoxy) is 2. The molecule has 1 aliphatic carbocycles. The summed E-state index contributed by atoms with van der Waals surface area (Å²) >= 11 is 0. The minimum absolute atomic E-state index is 0.0491. The summed E-state index contributed by atoms with van der Waals surface area (Å²) in [4.78, 5) is 23.3. The van der Waals surface area contributed by atoms with Crippen LogP contribution < -0.4 is 15.4 Å². The van der Waals surface area contributed by atoms with Crippen molar-refractivity contribution in [2.45, 2.75) is 25.9 Å². The summed E-state index contributed by atoms with van der Waals surface area (Å²) in [5.41, 5.74) is 3.11. The smallest absolute Gasteiger partial charge is 0.413 e. The Hall–Kier alpha value is -3.46. The first-order chi connectivity index (χ1) is 16.4. The van der Waals surface area contributed by atoms with Crippen LogP contribution in [0.3, 0.4) is 0 Å². The predicted octanol–water partition coefficient (Wildman–Crippen LogP) is 4.19. The monoisotopic (exact) mass is 463 g/mol. The third-order valence-electron chi connectivity index (χ3n) is 7.08. The second kappa shape index (κ2) is 7.80. The summed E-state index contributed by atoms with van der Waals surface area (Å²) in [6.45, 7) is 5.29. The van der Waals surface area contributed by atoms with Gasteiger partial charge in [-0.2, -0.15) is 0 Å². The zero-order valence-corrected chi connectivity index (χ0v) is 19.2. The lowest BCUT2D eigenvalue weighted by Gasteiger charge is -2.57. The number of carbonyl (C=O) groups excluding carboxylic acids is 1. The van der Waals surface area contributed by atoms with E-state index < -0.39 is 6.09 Å². The van der Waals surface area contributed by atoms with Crippen molar-refractivity contribution in [2.24, 2.45) is 5.41 Å². The van der Waals surface area contributed by atoms with Crippen molar-refractivity contribution in [3.05, 3.63) is 42.0 Å². The Morgan fingerprint density at radius 2 is 2.03 bits per heavy atom. The van der Waals surface area contributed by atoms with E-state index in [4.69, 9.17) is 9.47 Å². The number of anilines is 2. The van der Waals surface area contributed by atoms with Gasteiger partial charge in [-0.1, -0.05) is 0 Å². The van der Waals surface area contributed by atoms with Gasteiger partial charge >= 0.3 is 6.09 Å². The van der Waals surface area contributed by atoms with Crippen LogP contribution in [0.4, 0.5) is 20.7 Å². The van der Waals surface area contributed by atoms with Crippen LogP contribution in [0.1, 0.15) is 18.4 Å². The van der Waals surface area contributed by atoms with Gasteiger partial charge in [0.05, 0.1) is 0 Å². The predicted molar refractivity (Wildman–Crippen MR) is 127 cm³/mol. The number of carbonyl (C=O) groups is 1. The minimum Gasteiger partial charge on any atom is -0.474 e. The fourth-order valence-corrected chi connectivity index (χ4v) is 5.57. The number of nitrogens with one attached hydrogen (secondary N) is 2. The summed E-state index contributed by atoms with van der Waals surface area (Å²) in [6.07, 6.45) is 4.44. The highest BCUT2D eigenvalue weighted by molar-refractivity contribution is 5.92. The Balaban J connectivity index is 1.21. The quantitative estimate of drug-likeness (QED) is 0.602. The second-order valence-corrected chi connectivity index (χ2v) is 9.73. The number of nitrogens with zero attached hydrogens (tertiary/aromatic N) is 3. The second-order valence-electron chi connectivity index (χ2n) is 9.73. The van der Waals surface area contributed by atoms with E-state index in [9.17, 15) is 4.79 Å². The lowest BCUT2D eigenvalue weighted by atomic mass is 9.62. The molecular formula is C25H26FN5O3. The van der Waals surface area contributed by atoms with Crippen molar-refractivity contribution in [3.8, 4) is 17.0 Å². The van der Waals surface area contributed by atoms with Gasteiger partial charge in [0.15, 0.2) is 0 Å². The Morgan fingerprint density at radius 3 is 2.82 bits per heavy atom. The van der Waals surface area contributed by atoms with Gasteiger partial charge in [0.1, 0.15) is 30.0 Å². The highest BCUT2D eigenvalue weighted by atomic mass is 19.1. The van der Waals surface area contributed by atoms with Crippen LogP contribution in [-0.4, -0.2) is 60.4 Å². The number of amides is 1.